The first-order chi connectivity index (χ1) is 9.15. The Hall–Kier alpha value is -0.0900. The molecule has 0 aromatic heterocycles. The van der Waals surface area contributed by atoms with Crippen molar-refractivity contribution in [3.05, 3.63) is 33.3 Å². The van der Waals surface area contributed by atoms with Crippen LogP contribution >= 0.6 is 27.5 Å². The molecule has 106 valence electrons. The molecule has 3 atom stereocenters. The second-order valence-corrected chi connectivity index (χ2v) is 6.78. The zero-order valence-electron chi connectivity index (χ0n) is 11.3. The van der Waals surface area contributed by atoms with Gasteiger partial charge in [-0.1, -0.05) is 43.9 Å². The molecule has 1 aliphatic carbocycles. The van der Waals surface area contributed by atoms with Crippen molar-refractivity contribution in [2.45, 2.75) is 45.1 Å². The van der Waals surface area contributed by atoms with Crippen molar-refractivity contribution in [3.8, 4) is 0 Å². The minimum absolute atomic E-state index is 0.225. The van der Waals surface area contributed by atoms with Crippen molar-refractivity contribution in [2.75, 3.05) is 0 Å². The molecular weight excluding hydrogens is 324 g/mol. The Morgan fingerprint density at radius 2 is 2.26 bits per heavy atom. The van der Waals surface area contributed by atoms with Crippen molar-refractivity contribution >= 4 is 27.5 Å². The van der Waals surface area contributed by atoms with Gasteiger partial charge in [-0.3, -0.25) is 11.3 Å². The summed E-state index contributed by atoms with van der Waals surface area (Å²) in [6.45, 7) is 2.29. The van der Waals surface area contributed by atoms with Crippen LogP contribution in [0.3, 0.4) is 0 Å². The van der Waals surface area contributed by atoms with Crippen LogP contribution in [0.15, 0.2) is 22.7 Å². The van der Waals surface area contributed by atoms with Gasteiger partial charge in [0.2, 0.25) is 0 Å². The normalized spacial score (nSPS) is 25.3. The SMILES string of the molecule is CCC1CCCC(C(NN)c2ccc(Cl)c(Br)c2)C1. The lowest BCUT2D eigenvalue weighted by atomic mass is 9.75. The molecule has 1 aliphatic rings. The maximum absolute atomic E-state index is 6.06. The summed E-state index contributed by atoms with van der Waals surface area (Å²) in [4.78, 5) is 0. The molecule has 1 aromatic carbocycles. The van der Waals surface area contributed by atoms with E-state index >= 15 is 0 Å². The van der Waals surface area contributed by atoms with Crippen LogP contribution in [0.4, 0.5) is 0 Å². The zero-order valence-corrected chi connectivity index (χ0v) is 13.7. The first-order valence-electron chi connectivity index (χ1n) is 7.06. The first kappa shape index (κ1) is 15.3. The Morgan fingerprint density at radius 1 is 1.47 bits per heavy atom. The molecule has 0 aliphatic heterocycles. The fourth-order valence-corrected chi connectivity index (χ4v) is 3.73. The standard InChI is InChI=1S/C15H22BrClN2/c1-2-10-4-3-5-11(8-10)15(19-18)12-6-7-14(17)13(16)9-12/h6-7,9-11,15,19H,2-5,8,18H2,1H3. The molecule has 3 unspecified atom stereocenters. The van der Waals surface area contributed by atoms with Gasteiger partial charge in [0.1, 0.15) is 0 Å². The summed E-state index contributed by atoms with van der Waals surface area (Å²) in [7, 11) is 0. The van der Waals surface area contributed by atoms with Gasteiger partial charge in [-0.2, -0.15) is 0 Å². The molecule has 19 heavy (non-hydrogen) atoms. The first-order valence-corrected chi connectivity index (χ1v) is 8.23. The summed E-state index contributed by atoms with van der Waals surface area (Å²) in [5.41, 5.74) is 4.24. The summed E-state index contributed by atoms with van der Waals surface area (Å²) < 4.78 is 0.940. The molecule has 0 bridgehead atoms. The van der Waals surface area contributed by atoms with E-state index < -0.39 is 0 Å². The van der Waals surface area contributed by atoms with Gasteiger partial charge in [0.25, 0.3) is 0 Å². The van der Waals surface area contributed by atoms with E-state index in [1.54, 1.807) is 0 Å². The lowest BCUT2D eigenvalue weighted by Crippen LogP contribution is -2.35. The van der Waals surface area contributed by atoms with E-state index in [0.717, 1.165) is 15.4 Å². The molecule has 1 aromatic rings. The highest BCUT2D eigenvalue weighted by Crippen LogP contribution is 2.39. The number of hydrogen-bond acceptors (Lipinski definition) is 2. The number of hydrogen-bond donors (Lipinski definition) is 2. The van der Waals surface area contributed by atoms with Crippen molar-refractivity contribution < 1.29 is 0 Å². The number of halogens is 2. The molecule has 0 heterocycles. The third kappa shape index (κ3) is 3.72. The van der Waals surface area contributed by atoms with Crippen LogP contribution in [0, 0.1) is 11.8 Å². The van der Waals surface area contributed by atoms with Crippen LogP contribution in [0.25, 0.3) is 0 Å². The van der Waals surface area contributed by atoms with Gasteiger partial charge >= 0.3 is 0 Å². The quantitative estimate of drug-likeness (QED) is 0.606. The summed E-state index contributed by atoms with van der Waals surface area (Å²) in [6.07, 6.45) is 6.49. The molecule has 0 spiro atoms. The van der Waals surface area contributed by atoms with Crippen LogP contribution in [0.5, 0.6) is 0 Å². The van der Waals surface area contributed by atoms with E-state index in [1.165, 1.54) is 37.7 Å². The third-order valence-electron chi connectivity index (χ3n) is 4.35. The summed E-state index contributed by atoms with van der Waals surface area (Å²) in [5.74, 6) is 7.29. The highest BCUT2D eigenvalue weighted by atomic mass is 79.9. The van der Waals surface area contributed by atoms with Gasteiger partial charge < -0.3 is 0 Å². The molecule has 1 fully saturated rings. The molecule has 3 N–H and O–H groups in total. The van der Waals surface area contributed by atoms with E-state index in [2.05, 4.69) is 40.4 Å². The molecule has 0 saturated heterocycles. The molecule has 1 saturated carbocycles. The molecule has 2 nitrogen and oxygen atoms in total. The minimum Gasteiger partial charge on any atom is -0.271 e. The highest BCUT2D eigenvalue weighted by molar-refractivity contribution is 9.10. The Balaban J connectivity index is 2.16. The Bertz CT molecular complexity index is 425. The Kier molecular flexibility index (Phi) is 5.70. The maximum atomic E-state index is 6.06. The van der Waals surface area contributed by atoms with E-state index in [9.17, 15) is 0 Å². The van der Waals surface area contributed by atoms with Crippen LogP contribution in [-0.4, -0.2) is 0 Å². The molecule has 0 amide bonds. The van der Waals surface area contributed by atoms with Gasteiger partial charge in [-0.15, -0.1) is 0 Å². The minimum atomic E-state index is 0.225. The van der Waals surface area contributed by atoms with E-state index in [0.29, 0.717) is 5.92 Å². The van der Waals surface area contributed by atoms with E-state index in [4.69, 9.17) is 17.4 Å². The lowest BCUT2D eigenvalue weighted by Gasteiger charge is -2.34. The predicted molar refractivity (Wildman–Crippen MR) is 85.0 cm³/mol. The predicted octanol–water partition coefficient (Wildman–Crippen LogP) is 4.82. The topological polar surface area (TPSA) is 38.0 Å². The maximum Gasteiger partial charge on any atom is 0.0548 e. The second kappa shape index (κ2) is 7.07. The summed E-state index contributed by atoms with van der Waals surface area (Å²) in [5, 5.41) is 0.745. The monoisotopic (exact) mass is 344 g/mol. The van der Waals surface area contributed by atoms with E-state index in [-0.39, 0.29) is 6.04 Å². The Labute approximate surface area is 129 Å². The molecule has 0 radical (unpaired) electrons. The van der Waals surface area contributed by atoms with Gasteiger partial charge in [0.05, 0.1) is 5.02 Å². The van der Waals surface area contributed by atoms with Gasteiger partial charge in [0, 0.05) is 10.5 Å². The smallest absolute Gasteiger partial charge is 0.0548 e. The van der Waals surface area contributed by atoms with Crippen molar-refractivity contribution in [1.29, 1.82) is 0 Å². The highest BCUT2D eigenvalue weighted by Gasteiger charge is 2.28. The summed E-state index contributed by atoms with van der Waals surface area (Å²) >= 11 is 9.55. The van der Waals surface area contributed by atoms with Crippen molar-refractivity contribution in [2.24, 2.45) is 17.7 Å². The van der Waals surface area contributed by atoms with Gasteiger partial charge in [-0.05, 0) is 58.3 Å². The number of nitrogens with two attached hydrogens (primary N) is 1. The molecule has 2 rings (SSSR count). The third-order valence-corrected chi connectivity index (χ3v) is 5.57. The van der Waals surface area contributed by atoms with Crippen molar-refractivity contribution in [3.63, 3.8) is 0 Å². The molecule has 4 heteroatoms. The van der Waals surface area contributed by atoms with Crippen LogP contribution in [0.1, 0.15) is 50.6 Å². The fraction of sp³-hybridized carbons (Fsp3) is 0.600. The van der Waals surface area contributed by atoms with E-state index in [1.807, 2.05) is 6.07 Å². The largest absolute Gasteiger partial charge is 0.271 e. The van der Waals surface area contributed by atoms with Crippen LogP contribution in [-0.2, 0) is 0 Å². The lowest BCUT2D eigenvalue weighted by molar-refractivity contribution is 0.210. The number of rotatable bonds is 4. The zero-order chi connectivity index (χ0) is 13.8. The number of hydrazine groups is 1. The number of nitrogens with one attached hydrogen (secondary N) is 1. The van der Waals surface area contributed by atoms with Crippen LogP contribution < -0.4 is 11.3 Å². The Morgan fingerprint density at radius 3 is 2.89 bits per heavy atom. The van der Waals surface area contributed by atoms with Gasteiger partial charge in [-0.25, -0.2) is 0 Å². The number of benzene rings is 1. The average Bonchev–Trinajstić information content (AvgIpc) is 2.44. The fourth-order valence-electron chi connectivity index (χ4n) is 3.22. The van der Waals surface area contributed by atoms with Crippen molar-refractivity contribution in [1.82, 2.24) is 5.43 Å². The van der Waals surface area contributed by atoms with Gasteiger partial charge in [0.15, 0.2) is 0 Å². The average molecular weight is 346 g/mol. The second-order valence-electron chi connectivity index (χ2n) is 5.52. The molecular formula is C15H22BrClN2. The van der Waals surface area contributed by atoms with Crippen LogP contribution in [0.2, 0.25) is 5.02 Å². The summed E-state index contributed by atoms with van der Waals surface area (Å²) in [6, 6.07) is 6.32.